The van der Waals surface area contributed by atoms with Crippen molar-refractivity contribution in [2.24, 2.45) is 20.5 Å². The topological polar surface area (TPSA) is 314 Å². The summed E-state index contributed by atoms with van der Waals surface area (Å²) in [5, 5.41) is 37.0. The molecular weight excluding hydrogens is 741 g/mol. The Kier molecular flexibility index (Phi) is 8.90. The zero-order valence-corrected chi connectivity index (χ0v) is 28.3. The summed E-state index contributed by atoms with van der Waals surface area (Å²) in [4.78, 5) is -2.61. The van der Waals surface area contributed by atoms with E-state index < -0.39 is 73.6 Å². The Morgan fingerprint density at radius 3 is 1.48 bits per heavy atom. The number of rotatable bonds is 8. The molecule has 6 N–H and O–H groups in total. The van der Waals surface area contributed by atoms with Crippen LogP contribution in [-0.2, 0) is 30.4 Å². The molecule has 0 amide bonds. The number of nitrogen functional groups attached to an aromatic ring is 2. The van der Waals surface area contributed by atoms with Crippen molar-refractivity contribution in [1.82, 2.24) is 0 Å². The highest BCUT2D eigenvalue weighted by molar-refractivity contribution is 7.86. The van der Waals surface area contributed by atoms with Crippen LogP contribution < -0.4 is 11.5 Å². The first-order valence-corrected chi connectivity index (χ1v) is 18.6. The molecule has 0 unspecified atom stereocenters. The fourth-order valence-electron chi connectivity index (χ4n) is 5.23. The minimum Gasteiger partial charge on any atom is -0.744 e. The van der Waals surface area contributed by atoms with Crippen LogP contribution in [0.15, 0.2) is 126 Å². The Hall–Kier alpha value is -6.03. The molecule has 0 saturated heterocycles. The molecule has 0 heterocycles. The molecule has 0 bridgehead atoms. The van der Waals surface area contributed by atoms with Crippen molar-refractivity contribution in [3.8, 4) is 22.6 Å². The second-order valence-corrected chi connectivity index (χ2v) is 15.2. The van der Waals surface area contributed by atoms with Crippen LogP contribution in [0.4, 0.5) is 34.1 Å². The predicted molar refractivity (Wildman–Crippen MR) is 184 cm³/mol. The predicted octanol–water partition coefficient (Wildman–Crippen LogP) is 5.78. The highest BCUT2D eigenvalue weighted by atomic mass is 32.2. The number of aromatic hydroxyl groups is 2. The molecule has 0 aliphatic heterocycles. The Morgan fingerprint density at radius 2 is 1.00 bits per heavy atom. The summed E-state index contributed by atoms with van der Waals surface area (Å²) >= 11 is 0. The number of fused-ring (bicyclic) bond motifs is 2. The lowest BCUT2D eigenvalue weighted by Crippen LogP contribution is -2.03. The Bertz CT molecular complexity index is 2850. The van der Waals surface area contributed by atoms with Gasteiger partial charge in [-0.25, -0.2) is 25.3 Å². The number of nitrogens with zero attached hydrogens (tertiary/aromatic N) is 4. The van der Waals surface area contributed by atoms with Gasteiger partial charge in [0, 0.05) is 22.1 Å². The van der Waals surface area contributed by atoms with Gasteiger partial charge in [0.05, 0.1) is 26.1 Å². The third-order valence-electron chi connectivity index (χ3n) is 7.66. The molecule has 0 spiro atoms. The van der Waals surface area contributed by atoms with Crippen LogP contribution in [0.5, 0.6) is 11.5 Å². The van der Waals surface area contributed by atoms with Crippen molar-refractivity contribution < 1.29 is 49.1 Å². The molecule has 0 aliphatic rings. The van der Waals surface area contributed by atoms with Gasteiger partial charge in [-0.05, 0) is 82.6 Å². The average Bonchev–Trinajstić information content (AvgIpc) is 3.06. The molecule has 17 nitrogen and oxygen atoms in total. The molecule has 6 rings (SSSR count). The van der Waals surface area contributed by atoms with Crippen molar-refractivity contribution in [2.75, 3.05) is 11.5 Å². The van der Waals surface area contributed by atoms with Crippen LogP contribution >= 0.6 is 0 Å². The van der Waals surface area contributed by atoms with Crippen molar-refractivity contribution in [1.29, 1.82) is 0 Å². The van der Waals surface area contributed by atoms with E-state index in [0.717, 1.165) is 24.3 Å². The second kappa shape index (κ2) is 12.9. The average molecular weight is 762 g/mol. The van der Waals surface area contributed by atoms with Gasteiger partial charge in [-0.1, -0.05) is 30.3 Å². The van der Waals surface area contributed by atoms with Crippen LogP contribution in [0.3, 0.4) is 0 Å². The molecule has 20 heteroatoms. The van der Waals surface area contributed by atoms with Gasteiger partial charge in [0.15, 0.2) is 11.5 Å². The molecule has 0 aromatic heterocycles. The van der Waals surface area contributed by atoms with Crippen molar-refractivity contribution in [3.63, 3.8) is 0 Å². The SMILES string of the molecule is Nc1ccc2cc(S(=O)(=O)[O-])c(N=Nc3ccc(-c4ccc(N=Nc5c(S(=O)(=O)[O-])cc6cc(S(=O)(=O)[O-])cc(N)c6c5O)cc4)cc3)c(O)c2c1. The zero-order chi connectivity index (χ0) is 37.7. The number of benzene rings is 6. The van der Waals surface area contributed by atoms with E-state index in [0.29, 0.717) is 11.1 Å². The summed E-state index contributed by atoms with van der Waals surface area (Å²) in [6, 6.07) is 20.2. The quantitative estimate of drug-likeness (QED) is 0.0813. The number of nitrogens with two attached hydrogens (primary N) is 2. The largest absolute Gasteiger partial charge is 0.744 e. The number of phenolic OH excluding ortho intramolecular Hbond substituents is 2. The minimum atomic E-state index is -5.30. The highest BCUT2D eigenvalue weighted by Gasteiger charge is 2.21. The summed E-state index contributed by atoms with van der Waals surface area (Å²) in [5.74, 6) is -1.47. The fourth-order valence-corrected chi connectivity index (χ4v) is 7.06. The third kappa shape index (κ3) is 7.10. The molecule has 0 fully saturated rings. The van der Waals surface area contributed by atoms with Crippen molar-refractivity contribution in [2.45, 2.75) is 14.7 Å². The van der Waals surface area contributed by atoms with Crippen LogP contribution in [0, 0.1) is 0 Å². The van der Waals surface area contributed by atoms with Gasteiger partial charge >= 0.3 is 0 Å². The van der Waals surface area contributed by atoms with E-state index in [2.05, 4.69) is 20.5 Å². The monoisotopic (exact) mass is 761 g/mol. The summed E-state index contributed by atoms with van der Waals surface area (Å²) in [6.45, 7) is 0. The molecular formula is C32H21N6O11S3-3. The van der Waals surface area contributed by atoms with E-state index in [1.165, 1.54) is 42.5 Å². The van der Waals surface area contributed by atoms with Gasteiger partial charge in [0.25, 0.3) is 0 Å². The molecule has 52 heavy (non-hydrogen) atoms. The van der Waals surface area contributed by atoms with Crippen LogP contribution in [0.2, 0.25) is 0 Å². The van der Waals surface area contributed by atoms with Crippen molar-refractivity contribution >= 4 is 86.0 Å². The molecule has 0 atom stereocenters. The third-order valence-corrected chi connectivity index (χ3v) is 10.2. The van der Waals surface area contributed by atoms with E-state index in [4.69, 9.17) is 11.5 Å². The maximum Gasteiger partial charge on any atom is 0.154 e. The Labute approximate surface area is 294 Å². The number of hydrogen-bond acceptors (Lipinski definition) is 17. The van der Waals surface area contributed by atoms with Gasteiger partial charge in [-0.3, -0.25) is 0 Å². The first kappa shape index (κ1) is 35.8. The summed E-state index contributed by atoms with van der Waals surface area (Å²) in [7, 11) is -15.4. The molecule has 0 saturated carbocycles. The van der Waals surface area contributed by atoms with Gasteiger partial charge in [0.1, 0.15) is 41.7 Å². The standard InChI is InChI=1S/C32H24N6O11S3/c33-20-6-1-18-12-26(51(44,45)46)29(31(39)24(18)14-20)37-35-21-7-2-16(3-8-21)17-4-9-22(10-5-17)36-38-30-27(52(47,48)49)13-19-11-23(50(41,42)43)15-25(34)28(19)32(30)40/h1-15,39-40H,33-34H2,(H,41,42,43)(H,44,45,46)(H,47,48,49)/p-3. The Balaban J connectivity index is 1.27. The fraction of sp³-hybridized carbons (Fsp3) is 0. The zero-order valence-electron chi connectivity index (χ0n) is 25.9. The molecule has 6 aromatic carbocycles. The maximum absolute atomic E-state index is 12.1. The number of anilines is 2. The number of phenols is 2. The van der Waals surface area contributed by atoms with Gasteiger partial charge in [0.2, 0.25) is 0 Å². The summed E-state index contributed by atoms with van der Waals surface area (Å²) in [5.41, 5.74) is 11.9. The number of hydrogen-bond donors (Lipinski definition) is 4. The van der Waals surface area contributed by atoms with E-state index in [9.17, 15) is 49.1 Å². The minimum absolute atomic E-state index is 0.157. The van der Waals surface area contributed by atoms with E-state index in [1.54, 1.807) is 24.3 Å². The van der Waals surface area contributed by atoms with Crippen LogP contribution in [0.1, 0.15) is 0 Å². The second-order valence-electron chi connectivity index (χ2n) is 11.1. The normalized spacial score (nSPS) is 12.8. The molecule has 0 aliphatic carbocycles. The van der Waals surface area contributed by atoms with E-state index in [-0.39, 0.29) is 38.6 Å². The molecule has 6 aromatic rings. The molecule has 0 radical (unpaired) electrons. The first-order valence-electron chi connectivity index (χ1n) is 14.4. The van der Waals surface area contributed by atoms with E-state index in [1.807, 2.05) is 0 Å². The van der Waals surface area contributed by atoms with Gasteiger partial charge in [-0.2, -0.15) is 10.2 Å². The Morgan fingerprint density at radius 1 is 0.519 bits per heavy atom. The highest BCUT2D eigenvalue weighted by Crippen LogP contribution is 2.45. The molecule has 266 valence electrons. The lowest BCUT2D eigenvalue weighted by atomic mass is 10.1. The summed E-state index contributed by atoms with van der Waals surface area (Å²) in [6.07, 6.45) is 0. The number of azo groups is 2. The van der Waals surface area contributed by atoms with Gasteiger partial charge in [-0.15, -0.1) is 10.2 Å². The van der Waals surface area contributed by atoms with Crippen LogP contribution in [-0.4, -0.2) is 49.1 Å². The van der Waals surface area contributed by atoms with E-state index >= 15 is 0 Å². The summed E-state index contributed by atoms with van der Waals surface area (Å²) < 4.78 is 106. The smallest absolute Gasteiger partial charge is 0.154 e. The maximum atomic E-state index is 12.1. The first-order chi connectivity index (χ1) is 24.3. The lowest BCUT2D eigenvalue weighted by molar-refractivity contribution is 0.457. The van der Waals surface area contributed by atoms with Gasteiger partial charge < -0.3 is 35.3 Å². The van der Waals surface area contributed by atoms with Crippen molar-refractivity contribution in [3.05, 3.63) is 91.0 Å². The van der Waals surface area contributed by atoms with Crippen LogP contribution in [0.25, 0.3) is 32.7 Å². The lowest BCUT2D eigenvalue weighted by Gasteiger charge is -2.16.